The van der Waals surface area contributed by atoms with Gasteiger partial charge in [0.1, 0.15) is 5.75 Å². The van der Waals surface area contributed by atoms with Crippen LogP contribution in [-0.2, 0) is 21.3 Å². The maximum atomic E-state index is 12.7. The Morgan fingerprint density at radius 2 is 1.83 bits per heavy atom. The van der Waals surface area contributed by atoms with E-state index in [2.05, 4.69) is 5.32 Å². The summed E-state index contributed by atoms with van der Waals surface area (Å²) >= 11 is 0. The highest BCUT2D eigenvalue weighted by molar-refractivity contribution is 7.83. The number of ether oxygens (including phenoxy) is 1. The second-order valence-electron chi connectivity index (χ2n) is 5.60. The Balaban J connectivity index is 2.19. The predicted octanol–water partition coefficient (Wildman–Crippen LogP) is 3.71. The first-order chi connectivity index (χ1) is 11.5. The Morgan fingerprint density at radius 1 is 1.17 bits per heavy atom. The molecule has 128 valence electrons. The molecule has 2 rings (SSSR count). The lowest BCUT2D eigenvalue weighted by atomic mass is 9.95. The van der Waals surface area contributed by atoms with E-state index < -0.39 is 10.8 Å². The fourth-order valence-electron chi connectivity index (χ4n) is 2.62. The van der Waals surface area contributed by atoms with Crippen molar-refractivity contribution in [2.45, 2.75) is 25.0 Å². The smallest absolute Gasteiger partial charge is 0.231 e. The van der Waals surface area contributed by atoms with E-state index in [0.29, 0.717) is 12.2 Å². The van der Waals surface area contributed by atoms with Gasteiger partial charge in [0.25, 0.3) is 0 Å². The standard InChI is InChI=1S/C19H23NO3S/c1-4-17(14-9-11-16(23-2)12-10-14)19(21)20-18-8-6-5-7-15(18)13-24(3)22/h5-12,17H,4,13H2,1-3H3,(H,20,21). The molecule has 4 nitrogen and oxygen atoms in total. The minimum Gasteiger partial charge on any atom is -0.497 e. The predicted molar refractivity (Wildman–Crippen MR) is 98.9 cm³/mol. The second-order valence-corrected chi connectivity index (χ2v) is 7.03. The van der Waals surface area contributed by atoms with Gasteiger partial charge in [-0.1, -0.05) is 37.3 Å². The molecule has 2 aromatic rings. The van der Waals surface area contributed by atoms with Crippen molar-refractivity contribution in [2.75, 3.05) is 18.7 Å². The summed E-state index contributed by atoms with van der Waals surface area (Å²) in [7, 11) is 0.660. The van der Waals surface area contributed by atoms with Crippen LogP contribution >= 0.6 is 0 Å². The van der Waals surface area contributed by atoms with Crippen molar-refractivity contribution in [3.63, 3.8) is 0 Å². The van der Waals surface area contributed by atoms with Gasteiger partial charge in [0.15, 0.2) is 0 Å². The molecule has 0 aliphatic rings. The summed E-state index contributed by atoms with van der Waals surface area (Å²) in [6.07, 6.45) is 2.35. The van der Waals surface area contributed by atoms with Gasteiger partial charge in [-0.05, 0) is 35.7 Å². The highest BCUT2D eigenvalue weighted by Crippen LogP contribution is 2.25. The molecule has 0 saturated heterocycles. The Hall–Kier alpha value is -2.14. The summed E-state index contributed by atoms with van der Waals surface area (Å²) < 4.78 is 16.7. The van der Waals surface area contributed by atoms with Gasteiger partial charge >= 0.3 is 0 Å². The summed E-state index contributed by atoms with van der Waals surface area (Å²) in [5.74, 6) is 0.897. The van der Waals surface area contributed by atoms with Crippen molar-refractivity contribution < 1.29 is 13.7 Å². The molecular formula is C19H23NO3S. The van der Waals surface area contributed by atoms with E-state index in [-0.39, 0.29) is 11.8 Å². The number of carbonyl (C=O) groups excluding carboxylic acids is 1. The van der Waals surface area contributed by atoms with E-state index in [4.69, 9.17) is 4.74 Å². The Labute approximate surface area is 145 Å². The number of anilines is 1. The van der Waals surface area contributed by atoms with E-state index in [1.807, 2.05) is 55.5 Å². The number of hydrogen-bond acceptors (Lipinski definition) is 3. The van der Waals surface area contributed by atoms with Crippen molar-refractivity contribution >= 4 is 22.4 Å². The maximum absolute atomic E-state index is 12.7. The molecular weight excluding hydrogens is 322 g/mol. The zero-order valence-corrected chi connectivity index (χ0v) is 15.1. The quantitative estimate of drug-likeness (QED) is 0.832. The van der Waals surface area contributed by atoms with Crippen LogP contribution < -0.4 is 10.1 Å². The van der Waals surface area contributed by atoms with Crippen molar-refractivity contribution in [3.8, 4) is 5.75 Å². The molecule has 0 aliphatic carbocycles. The third-order valence-electron chi connectivity index (χ3n) is 3.88. The average Bonchev–Trinajstić information content (AvgIpc) is 2.57. The van der Waals surface area contributed by atoms with Gasteiger partial charge in [0, 0.05) is 22.7 Å². The number of benzene rings is 2. The number of para-hydroxylation sites is 1. The van der Waals surface area contributed by atoms with Crippen LogP contribution in [0.1, 0.15) is 30.4 Å². The second kappa shape index (κ2) is 8.64. The lowest BCUT2D eigenvalue weighted by Gasteiger charge is -2.17. The van der Waals surface area contributed by atoms with Crippen molar-refractivity contribution in [1.29, 1.82) is 0 Å². The highest BCUT2D eigenvalue weighted by atomic mass is 32.2. The Kier molecular flexibility index (Phi) is 6.55. The number of hydrogen-bond donors (Lipinski definition) is 1. The van der Waals surface area contributed by atoms with Gasteiger partial charge < -0.3 is 10.1 Å². The molecule has 1 amide bonds. The highest BCUT2D eigenvalue weighted by Gasteiger charge is 2.19. The zero-order valence-electron chi connectivity index (χ0n) is 14.2. The van der Waals surface area contributed by atoms with Gasteiger partial charge in [-0.25, -0.2) is 0 Å². The van der Waals surface area contributed by atoms with Crippen LogP contribution in [0.15, 0.2) is 48.5 Å². The summed E-state index contributed by atoms with van der Waals surface area (Å²) in [5, 5.41) is 2.99. The van der Waals surface area contributed by atoms with Crippen LogP contribution in [-0.4, -0.2) is 23.5 Å². The van der Waals surface area contributed by atoms with Gasteiger partial charge in [-0.2, -0.15) is 0 Å². The fourth-order valence-corrected chi connectivity index (χ4v) is 3.31. The van der Waals surface area contributed by atoms with Gasteiger partial charge in [0.2, 0.25) is 5.91 Å². The fraction of sp³-hybridized carbons (Fsp3) is 0.316. The topological polar surface area (TPSA) is 55.4 Å². The van der Waals surface area contributed by atoms with E-state index >= 15 is 0 Å². The third kappa shape index (κ3) is 4.68. The van der Waals surface area contributed by atoms with Crippen LogP contribution in [0, 0.1) is 0 Å². The molecule has 24 heavy (non-hydrogen) atoms. The first-order valence-electron chi connectivity index (χ1n) is 7.88. The molecule has 1 N–H and O–H groups in total. The van der Waals surface area contributed by atoms with E-state index in [9.17, 15) is 9.00 Å². The third-order valence-corrected chi connectivity index (χ3v) is 4.59. The first kappa shape index (κ1) is 18.2. The molecule has 0 fully saturated rings. The number of carbonyl (C=O) groups is 1. The van der Waals surface area contributed by atoms with E-state index in [0.717, 1.165) is 22.6 Å². The maximum Gasteiger partial charge on any atom is 0.231 e. The van der Waals surface area contributed by atoms with Gasteiger partial charge in [-0.3, -0.25) is 9.00 Å². The summed E-state index contributed by atoms with van der Waals surface area (Å²) in [4.78, 5) is 12.7. The zero-order chi connectivity index (χ0) is 17.5. The molecule has 0 aromatic heterocycles. The number of nitrogens with one attached hydrogen (secondary N) is 1. The number of amides is 1. The van der Waals surface area contributed by atoms with Crippen molar-refractivity contribution in [1.82, 2.24) is 0 Å². The van der Waals surface area contributed by atoms with Gasteiger partial charge in [0.05, 0.1) is 18.8 Å². The SMILES string of the molecule is CCC(C(=O)Nc1ccccc1CS(C)=O)c1ccc(OC)cc1. The van der Waals surface area contributed by atoms with Crippen LogP contribution in [0.2, 0.25) is 0 Å². The van der Waals surface area contributed by atoms with Crippen LogP contribution in [0.25, 0.3) is 0 Å². The molecule has 2 atom stereocenters. The van der Waals surface area contributed by atoms with Gasteiger partial charge in [-0.15, -0.1) is 0 Å². The normalized spacial score (nSPS) is 13.1. The Morgan fingerprint density at radius 3 is 2.42 bits per heavy atom. The Bertz CT molecular complexity index is 713. The van der Waals surface area contributed by atoms with E-state index in [1.54, 1.807) is 13.4 Å². The van der Waals surface area contributed by atoms with Crippen molar-refractivity contribution in [3.05, 3.63) is 59.7 Å². The molecule has 0 spiro atoms. The molecule has 0 saturated carbocycles. The lowest BCUT2D eigenvalue weighted by Crippen LogP contribution is -2.21. The summed E-state index contributed by atoms with van der Waals surface area (Å²) in [6.45, 7) is 1.99. The minimum atomic E-state index is -0.959. The summed E-state index contributed by atoms with van der Waals surface area (Å²) in [6, 6.07) is 15.1. The molecule has 2 aromatic carbocycles. The molecule has 2 unspecified atom stereocenters. The van der Waals surface area contributed by atoms with Crippen molar-refractivity contribution in [2.24, 2.45) is 0 Å². The minimum absolute atomic E-state index is 0.0583. The monoisotopic (exact) mass is 345 g/mol. The molecule has 0 bridgehead atoms. The lowest BCUT2D eigenvalue weighted by molar-refractivity contribution is -0.117. The first-order valence-corrected chi connectivity index (χ1v) is 9.60. The molecule has 5 heteroatoms. The summed E-state index contributed by atoms with van der Waals surface area (Å²) in [5.41, 5.74) is 2.56. The number of rotatable bonds is 7. The average molecular weight is 345 g/mol. The van der Waals surface area contributed by atoms with Crippen LogP contribution in [0.5, 0.6) is 5.75 Å². The molecule has 0 heterocycles. The van der Waals surface area contributed by atoms with Crippen LogP contribution in [0.4, 0.5) is 5.69 Å². The van der Waals surface area contributed by atoms with Crippen LogP contribution in [0.3, 0.4) is 0 Å². The molecule has 0 aliphatic heterocycles. The largest absolute Gasteiger partial charge is 0.497 e. The molecule has 0 radical (unpaired) electrons. The van der Waals surface area contributed by atoms with E-state index in [1.165, 1.54) is 0 Å². The number of methoxy groups -OCH3 is 1.